The number of benzene rings is 2. The van der Waals surface area contributed by atoms with Crippen LogP contribution < -0.4 is 9.64 Å². The highest BCUT2D eigenvalue weighted by Gasteiger charge is 2.33. The Morgan fingerprint density at radius 1 is 1.25 bits per heavy atom. The molecule has 0 radical (unpaired) electrons. The van der Waals surface area contributed by atoms with E-state index in [2.05, 4.69) is 6.07 Å². The van der Waals surface area contributed by atoms with Gasteiger partial charge in [-0.1, -0.05) is 18.2 Å². The van der Waals surface area contributed by atoms with Crippen LogP contribution in [0.5, 0.6) is 5.75 Å². The second kappa shape index (κ2) is 6.33. The molecule has 2 aliphatic heterocycles. The van der Waals surface area contributed by atoms with E-state index >= 15 is 0 Å². The topological polar surface area (TPSA) is 47.4 Å². The fraction of sp³-hybridized carbons (Fsp3) is 0.364. The monoisotopic (exact) mass is 379 g/mol. The Balaban J connectivity index is 1.69. The number of carbonyl (C=O) groups is 1. The molecule has 1 fully saturated rings. The van der Waals surface area contributed by atoms with Crippen molar-refractivity contribution >= 4 is 22.6 Å². The first-order valence-electron chi connectivity index (χ1n) is 9.75. The third kappa shape index (κ3) is 2.51. The molecule has 5 rings (SSSR count). The third-order valence-corrected chi connectivity index (χ3v) is 5.97. The number of halogens is 1. The molecule has 1 atom stereocenters. The van der Waals surface area contributed by atoms with Gasteiger partial charge in [0.25, 0.3) is 0 Å². The average Bonchev–Trinajstić information content (AvgIpc) is 3.25. The van der Waals surface area contributed by atoms with Crippen LogP contribution in [0, 0.1) is 12.7 Å². The Morgan fingerprint density at radius 2 is 2.07 bits per heavy atom. The first kappa shape index (κ1) is 17.2. The van der Waals surface area contributed by atoms with Gasteiger partial charge in [-0.15, -0.1) is 0 Å². The molecule has 5 nitrogen and oxygen atoms in total. The van der Waals surface area contributed by atoms with Gasteiger partial charge in [0, 0.05) is 31.1 Å². The maximum absolute atomic E-state index is 14.4. The molecule has 1 aromatic heterocycles. The Kier molecular flexibility index (Phi) is 3.89. The SMILES string of the molecule is Cc1nc2c3c(c(N4CCCC4=O)cc2n1C)CC[C@@H](c1ccccc1F)O3. The molecule has 28 heavy (non-hydrogen) atoms. The molecule has 6 heteroatoms. The van der Waals surface area contributed by atoms with Crippen LogP contribution in [0.15, 0.2) is 30.3 Å². The number of aromatic nitrogens is 2. The summed E-state index contributed by atoms with van der Waals surface area (Å²) in [6.45, 7) is 2.68. The molecule has 1 amide bonds. The maximum atomic E-state index is 14.4. The number of anilines is 1. The molecule has 2 aliphatic rings. The van der Waals surface area contributed by atoms with Crippen molar-refractivity contribution in [2.45, 2.75) is 38.7 Å². The molecule has 0 unspecified atom stereocenters. The van der Waals surface area contributed by atoms with Crippen LogP contribution in [-0.4, -0.2) is 22.0 Å². The quantitative estimate of drug-likeness (QED) is 0.670. The van der Waals surface area contributed by atoms with Gasteiger partial charge in [-0.2, -0.15) is 0 Å². The number of fused-ring (bicyclic) bond motifs is 3. The first-order valence-corrected chi connectivity index (χ1v) is 9.75. The van der Waals surface area contributed by atoms with Crippen molar-refractivity contribution in [3.8, 4) is 5.75 Å². The van der Waals surface area contributed by atoms with Crippen LogP contribution in [0.25, 0.3) is 11.0 Å². The Hall–Kier alpha value is -2.89. The molecular weight excluding hydrogens is 357 g/mol. The number of imidazole rings is 1. The molecule has 144 valence electrons. The summed E-state index contributed by atoms with van der Waals surface area (Å²) in [6.07, 6.45) is 2.48. The fourth-order valence-electron chi connectivity index (χ4n) is 4.38. The summed E-state index contributed by atoms with van der Waals surface area (Å²) in [7, 11) is 1.96. The van der Waals surface area contributed by atoms with Gasteiger partial charge in [-0.05, 0) is 38.3 Å². The van der Waals surface area contributed by atoms with Crippen LogP contribution in [0.3, 0.4) is 0 Å². The number of hydrogen-bond acceptors (Lipinski definition) is 3. The van der Waals surface area contributed by atoms with E-state index in [4.69, 9.17) is 9.72 Å². The fourth-order valence-corrected chi connectivity index (χ4v) is 4.38. The van der Waals surface area contributed by atoms with Crippen molar-refractivity contribution in [3.05, 3.63) is 53.1 Å². The first-order chi connectivity index (χ1) is 13.5. The van der Waals surface area contributed by atoms with E-state index in [1.54, 1.807) is 12.1 Å². The van der Waals surface area contributed by atoms with E-state index in [1.807, 2.05) is 29.5 Å². The van der Waals surface area contributed by atoms with Crippen LogP contribution in [0.2, 0.25) is 0 Å². The van der Waals surface area contributed by atoms with Crippen LogP contribution in [-0.2, 0) is 18.3 Å². The lowest BCUT2D eigenvalue weighted by atomic mass is 9.95. The highest BCUT2D eigenvalue weighted by atomic mass is 19.1. The van der Waals surface area contributed by atoms with Gasteiger partial charge in [0.2, 0.25) is 5.91 Å². The minimum atomic E-state index is -0.358. The number of aryl methyl sites for hydroxylation is 2. The van der Waals surface area contributed by atoms with Crippen molar-refractivity contribution in [2.75, 3.05) is 11.4 Å². The zero-order valence-corrected chi connectivity index (χ0v) is 16.0. The molecule has 0 bridgehead atoms. The number of rotatable bonds is 2. The van der Waals surface area contributed by atoms with Crippen molar-refractivity contribution in [3.63, 3.8) is 0 Å². The molecule has 3 heterocycles. The van der Waals surface area contributed by atoms with E-state index < -0.39 is 0 Å². The van der Waals surface area contributed by atoms with Crippen LogP contribution >= 0.6 is 0 Å². The lowest BCUT2D eigenvalue weighted by Gasteiger charge is -2.30. The zero-order chi connectivity index (χ0) is 19.4. The van der Waals surface area contributed by atoms with E-state index in [0.717, 1.165) is 47.5 Å². The van der Waals surface area contributed by atoms with E-state index in [-0.39, 0.29) is 17.8 Å². The minimum absolute atomic E-state index is 0.150. The predicted molar refractivity (Wildman–Crippen MR) is 105 cm³/mol. The molecule has 0 saturated carbocycles. The van der Waals surface area contributed by atoms with Gasteiger partial charge >= 0.3 is 0 Å². The molecule has 3 aromatic rings. The summed E-state index contributed by atoms with van der Waals surface area (Å²) in [5.74, 6) is 1.46. The smallest absolute Gasteiger partial charge is 0.227 e. The Bertz CT molecular complexity index is 1100. The van der Waals surface area contributed by atoms with Gasteiger partial charge in [0.05, 0.1) is 11.2 Å². The van der Waals surface area contributed by atoms with Crippen molar-refractivity contribution < 1.29 is 13.9 Å². The molecule has 2 aromatic carbocycles. The van der Waals surface area contributed by atoms with Crippen molar-refractivity contribution in [1.82, 2.24) is 9.55 Å². The number of hydrogen-bond donors (Lipinski definition) is 0. The standard InChI is InChI=1S/C22H22FN3O2/c1-13-24-21-18(25(13)2)12-17(26-11-5-8-20(26)27)15-9-10-19(28-22(15)21)14-6-3-4-7-16(14)23/h3-4,6-7,12,19H,5,8-11H2,1-2H3/t19-/m0/s1. The zero-order valence-electron chi connectivity index (χ0n) is 16.0. The summed E-state index contributed by atoms with van der Waals surface area (Å²) in [5.41, 5.74) is 4.21. The van der Waals surface area contributed by atoms with Crippen LogP contribution in [0.4, 0.5) is 10.1 Å². The lowest BCUT2D eigenvalue weighted by Crippen LogP contribution is -2.27. The molecular formula is C22H22FN3O2. The maximum Gasteiger partial charge on any atom is 0.227 e. The second-order valence-corrected chi connectivity index (χ2v) is 7.60. The van der Waals surface area contributed by atoms with Gasteiger partial charge in [0.15, 0.2) is 5.75 Å². The molecule has 0 aliphatic carbocycles. The number of nitrogens with zero attached hydrogens (tertiary/aromatic N) is 3. The largest absolute Gasteiger partial charge is 0.483 e. The lowest BCUT2D eigenvalue weighted by molar-refractivity contribution is -0.117. The van der Waals surface area contributed by atoms with Gasteiger partial charge in [0.1, 0.15) is 23.3 Å². The number of ether oxygens (including phenoxy) is 1. The minimum Gasteiger partial charge on any atom is -0.483 e. The summed E-state index contributed by atoms with van der Waals surface area (Å²) in [6, 6.07) is 8.82. The summed E-state index contributed by atoms with van der Waals surface area (Å²) in [4.78, 5) is 19.0. The highest BCUT2D eigenvalue weighted by Crippen LogP contribution is 2.45. The Morgan fingerprint density at radius 3 is 2.82 bits per heavy atom. The van der Waals surface area contributed by atoms with Crippen molar-refractivity contribution in [1.29, 1.82) is 0 Å². The van der Waals surface area contributed by atoms with E-state index in [1.165, 1.54) is 6.07 Å². The normalized spacial score (nSPS) is 19.2. The summed E-state index contributed by atoms with van der Waals surface area (Å²) in [5, 5.41) is 0. The predicted octanol–water partition coefficient (Wildman–Crippen LogP) is 4.21. The molecule has 0 N–H and O–H groups in total. The number of amides is 1. The van der Waals surface area contributed by atoms with E-state index in [9.17, 15) is 9.18 Å². The summed E-state index contributed by atoms with van der Waals surface area (Å²) >= 11 is 0. The second-order valence-electron chi connectivity index (χ2n) is 7.60. The van der Waals surface area contributed by atoms with Gasteiger partial charge < -0.3 is 14.2 Å². The van der Waals surface area contributed by atoms with E-state index in [0.29, 0.717) is 24.2 Å². The van der Waals surface area contributed by atoms with Crippen molar-refractivity contribution in [2.24, 2.45) is 7.05 Å². The number of carbonyl (C=O) groups excluding carboxylic acids is 1. The third-order valence-electron chi connectivity index (χ3n) is 5.97. The van der Waals surface area contributed by atoms with Gasteiger partial charge in [-0.3, -0.25) is 4.79 Å². The summed E-state index contributed by atoms with van der Waals surface area (Å²) < 4.78 is 22.7. The highest BCUT2D eigenvalue weighted by molar-refractivity contribution is 6.00. The molecule has 1 saturated heterocycles. The van der Waals surface area contributed by atoms with Gasteiger partial charge in [-0.25, -0.2) is 9.37 Å². The molecule has 0 spiro atoms. The van der Waals surface area contributed by atoms with Crippen LogP contribution in [0.1, 0.15) is 42.3 Å². The Labute approximate surface area is 162 Å². The average molecular weight is 379 g/mol.